The van der Waals surface area contributed by atoms with E-state index in [0.29, 0.717) is 0 Å². The Bertz CT molecular complexity index is 369. The lowest BCUT2D eigenvalue weighted by Crippen LogP contribution is -2.15. The molecule has 1 aromatic rings. The van der Waals surface area contributed by atoms with Gasteiger partial charge in [0.2, 0.25) is 0 Å². The van der Waals surface area contributed by atoms with Gasteiger partial charge in [-0.1, -0.05) is 25.0 Å². The minimum absolute atomic E-state index is 1.02. The lowest BCUT2D eigenvalue weighted by Gasteiger charge is -2.06. The van der Waals surface area contributed by atoms with Crippen LogP contribution in [-0.4, -0.2) is 13.1 Å². The van der Waals surface area contributed by atoms with E-state index in [2.05, 4.69) is 28.8 Å². The second-order valence-corrected chi connectivity index (χ2v) is 5.08. The van der Waals surface area contributed by atoms with Gasteiger partial charge in [-0.2, -0.15) is 0 Å². The van der Waals surface area contributed by atoms with E-state index in [-0.39, 0.29) is 0 Å². The molecule has 1 saturated carbocycles. The van der Waals surface area contributed by atoms with Crippen molar-refractivity contribution in [3.05, 3.63) is 29.3 Å². The number of benzene rings is 1. The molecule has 0 amide bonds. The molecule has 2 nitrogen and oxygen atoms in total. The lowest BCUT2D eigenvalue weighted by atomic mass is 10.1. The molecule has 0 spiro atoms. The molecule has 0 bridgehead atoms. The first kappa shape index (κ1) is 10.2. The van der Waals surface area contributed by atoms with Crippen molar-refractivity contribution < 1.29 is 0 Å². The van der Waals surface area contributed by atoms with Gasteiger partial charge in [-0.05, 0) is 42.5 Å². The first-order chi connectivity index (χ1) is 7.92. The van der Waals surface area contributed by atoms with Crippen LogP contribution < -0.4 is 10.6 Å². The minimum Gasteiger partial charge on any atom is -0.384 e. The molecule has 3 rings (SSSR count). The van der Waals surface area contributed by atoms with Gasteiger partial charge in [0, 0.05) is 18.8 Å². The molecule has 1 heterocycles. The summed E-state index contributed by atoms with van der Waals surface area (Å²) < 4.78 is 0. The quantitative estimate of drug-likeness (QED) is 0.739. The van der Waals surface area contributed by atoms with Crippen molar-refractivity contribution in [2.75, 3.05) is 18.4 Å². The van der Waals surface area contributed by atoms with Crippen LogP contribution in [0, 0.1) is 5.92 Å². The normalized spacial score (nSPS) is 18.2. The molecule has 2 N–H and O–H groups in total. The van der Waals surface area contributed by atoms with Gasteiger partial charge in [0.25, 0.3) is 0 Å². The summed E-state index contributed by atoms with van der Waals surface area (Å²) in [7, 11) is 0. The zero-order chi connectivity index (χ0) is 10.8. The Balaban J connectivity index is 1.49. The van der Waals surface area contributed by atoms with Crippen molar-refractivity contribution in [3.8, 4) is 0 Å². The number of hydrogen-bond donors (Lipinski definition) is 2. The predicted molar refractivity (Wildman–Crippen MR) is 67.7 cm³/mol. The summed E-state index contributed by atoms with van der Waals surface area (Å²) in [5, 5.41) is 6.97. The second-order valence-electron chi connectivity index (χ2n) is 5.08. The summed E-state index contributed by atoms with van der Waals surface area (Å²) in [4.78, 5) is 0. The third-order valence-corrected chi connectivity index (χ3v) is 3.64. The second kappa shape index (κ2) is 4.46. The molecule has 0 atom stereocenters. The number of hydrogen-bond acceptors (Lipinski definition) is 2. The van der Waals surface area contributed by atoms with Gasteiger partial charge >= 0.3 is 0 Å². The van der Waals surface area contributed by atoms with E-state index in [0.717, 1.165) is 19.0 Å². The molecular weight excluding hydrogens is 196 g/mol. The van der Waals surface area contributed by atoms with E-state index >= 15 is 0 Å². The van der Waals surface area contributed by atoms with Crippen molar-refractivity contribution in [2.24, 2.45) is 5.92 Å². The van der Waals surface area contributed by atoms with Crippen LogP contribution in [0.1, 0.15) is 30.4 Å². The maximum Gasteiger partial charge on any atom is 0.0376 e. The van der Waals surface area contributed by atoms with Crippen LogP contribution in [0.5, 0.6) is 0 Å². The molecule has 1 aliphatic carbocycles. The molecule has 86 valence electrons. The molecule has 2 aliphatic rings. The summed E-state index contributed by atoms with van der Waals surface area (Å²) in [5.74, 6) is 1.04. The molecule has 1 fully saturated rings. The van der Waals surface area contributed by atoms with Crippen LogP contribution >= 0.6 is 0 Å². The summed E-state index contributed by atoms with van der Waals surface area (Å²) in [5.41, 5.74) is 4.23. The smallest absolute Gasteiger partial charge is 0.0376 e. The molecule has 0 unspecified atom stereocenters. The fourth-order valence-corrected chi connectivity index (χ4v) is 2.39. The maximum absolute atomic E-state index is 3.54. The van der Waals surface area contributed by atoms with Crippen LogP contribution in [0.25, 0.3) is 0 Å². The van der Waals surface area contributed by atoms with Gasteiger partial charge in [-0.25, -0.2) is 0 Å². The fourth-order valence-electron chi connectivity index (χ4n) is 2.39. The van der Waals surface area contributed by atoms with E-state index in [1.165, 1.54) is 49.0 Å². The summed E-state index contributed by atoms with van der Waals surface area (Å²) in [6.45, 7) is 3.30. The highest BCUT2D eigenvalue weighted by Crippen LogP contribution is 2.31. The van der Waals surface area contributed by atoms with Crippen molar-refractivity contribution in [2.45, 2.75) is 32.2 Å². The van der Waals surface area contributed by atoms with Crippen molar-refractivity contribution in [3.63, 3.8) is 0 Å². The van der Waals surface area contributed by atoms with E-state index in [1.54, 1.807) is 0 Å². The first-order valence-electron chi connectivity index (χ1n) is 6.48. The van der Waals surface area contributed by atoms with Gasteiger partial charge < -0.3 is 10.6 Å². The Kier molecular flexibility index (Phi) is 2.83. The maximum atomic E-state index is 3.54. The highest BCUT2D eigenvalue weighted by atomic mass is 14.9. The van der Waals surface area contributed by atoms with Crippen molar-refractivity contribution in [1.82, 2.24) is 5.32 Å². The average molecular weight is 216 g/mol. The third-order valence-electron chi connectivity index (χ3n) is 3.64. The summed E-state index contributed by atoms with van der Waals surface area (Å²) in [6, 6.07) is 6.83. The number of rotatable bonds is 5. The molecule has 0 aromatic heterocycles. The van der Waals surface area contributed by atoms with Crippen LogP contribution in [-0.2, 0) is 13.0 Å². The molecular formula is C14H20N2. The Morgan fingerprint density at radius 1 is 1.31 bits per heavy atom. The number of fused-ring (bicyclic) bond motifs is 1. The zero-order valence-corrected chi connectivity index (χ0v) is 9.76. The van der Waals surface area contributed by atoms with E-state index < -0.39 is 0 Å². The molecule has 1 aromatic carbocycles. The van der Waals surface area contributed by atoms with Gasteiger partial charge in [0.05, 0.1) is 0 Å². The predicted octanol–water partition coefficient (Wildman–Crippen LogP) is 2.54. The third kappa shape index (κ3) is 2.38. The molecule has 0 saturated heterocycles. The highest BCUT2D eigenvalue weighted by molar-refractivity contribution is 5.56. The minimum atomic E-state index is 1.02. The molecule has 2 heteroatoms. The first-order valence-corrected chi connectivity index (χ1v) is 6.48. The molecule has 16 heavy (non-hydrogen) atoms. The van der Waals surface area contributed by atoms with Crippen molar-refractivity contribution >= 4 is 5.69 Å². The Labute approximate surface area is 97.4 Å². The van der Waals surface area contributed by atoms with E-state index in [1.807, 2.05) is 0 Å². The number of nitrogens with one attached hydrogen (secondary N) is 2. The van der Waals surface area contributed by atoms with Crippen LogP contribution in [0.3, 0.4) is 0 Å². The zero-order valence-electron chi connectivity index (χ0n) is 9.76. The highest BCUT2D eigenvalue weighted by Gasteiger charge is 2.19. The molecule has 0 radical (unpaired) electrons. The van der Waals surface area contributed by atoms with Gasteiger partial charge in [-0.15, -0.1) is 0 Å². The van der Waals surface area contributed by atoms with Crippen LogP contribution in [0.4, 0.5) is 5.69 Å². The Morgan fingerprint density at radius 3 is 3.12 bits per heavy atom. The van der Waals surface area contributed by atoms with Crippen molar-refractivity contribution in [1.29, 1.82) is 0 Å². The standard InChI is InChI=1S/C14H20N2/c1-2-11(1)5-7-15-10-12-3-4-13-6-8-16-14(13)9-12/h3-4,9,11,15-16H,1-2,5-8,10H2. The number of anilines is 1. The SMILES string of the molecule is c1cc2c(cc1CNCCC1CC1)NCC2. The van der Waals surface area contributed by atoms with Crippen LogP contribution in [0.15, 0.2) is 18.2 Å². The fraction of sp³-hybridized carbons (Fsp3) is 0.571. The largest absolute Gasteiger partial charge is 0.384 e. The van der Waals surface area contributed by atoms with E-state index in [9.17, 15) is 0 Å². The lowest BCUT2D eigenvalue weighted by molar-refractivity contribution is 0.613. The van der Waals surface area contributed by atoms with Crippen LogP contribution in [0.2, 0.25) is 0 Å². The summed E-state index contributed by atoms with van der Waals surface area (Å²) in [6.07, 6.45) is 5.48. The van der Waals surface area contributed by atoms with E-state index in [4.69, 9.17) is 0 Å². The topological polar surface area (TPSA) is 24.1 Å². The average Bonchev–Trinajstić information content (AvgIpc) is 3.01. The van der Waals surface area contributed by atoms with Gasteiger partial charge in [0.1, 0.15) is 0 Å². The van der Waals surface area contributed by atoms with Gasteiger partial charge in [0.15, 0.2) is 0 Å². The molecule has 1 aliphatic heterocycles. The Morgan fingerprint density at radius 2 is 2.25 bits per heavy atom. The van der Waals surface area contributed by atoms with Gasteiger partial charge in [-0.3, -0.25) is 0 Å². The summed E-state index contributed by atoms with van der Waals surface area (Å²) >= 11 is 0. The Hall–Kier alpha value is -1.02. The monoisotopic (exact) mass is 216 g/mol.